The Balaban J connectivity index is 2.46. The van der Waals surface area contributed by atoms with E-state index in [1.165, 1.54) is 5.56 Å². The summed E-state index contributed by atoms with van der Waals surface area (Å²) >= 11 is 0. The third-order valence-corrected chi connectivity index (χ3v) is 2.47. The van der Waals surface area contributed by atoms with Crippen LogP contribution in [0.5, 0.6) is 0 Å². The molecule has 1 amide bonds. The number of hydrogen-bond donors (Lipinski definition) is 1. The van der Waals surface area contributed by atoms with Gasteiger partial charge >= 0.3 is 0 Å². The number of aryl methyl sites for hydroxylation is 2. The number of anilines is 1. The van der Waals surface area contributed by atoms with Crippen LogP contribution in [0, 0.1) is 6.92 Å². The van der Waals surface area contributed by atoms with Gasteiger partial charge in [-0.2, -0.15) is 0 Å². The number of carbonyl (C=O) groups is 1. The third-order valence-electron chi connectivity index (χ3n) is 2.47. The quantitative estimate of drug-likeness (QED) is 0.644. The van der Waals surface area contributed by atoms with Crippen LogP contribution in [-0.4, -0.2) is 5.91 Å². The molecule has 2 rings (SSSR count). The van der Waals surface area contributed by atoms with Crippen LogP contribution in [-0.2, 0) is 11.2 Å². The van der Waals surface area contributed by atoms with Crippen LogP contribution in [0.15, 0.2) is 18.2 Å². The van der Waals surface area contributed by atoms with E-state index < -0.39 is 0 Å². The first-order chi connectivity index (χ1) is 6.27. The van der Waals surface area contributed by atoms with Crippen molar-refractivity contribution < 1.29 is 4.79 Å². The zero-order valence-electron chi connectivity index (χ0n) is 7.76. The fourth-order valence-electron chi connectivity index (χ4n) is 1.76. The molecule has 0 saturated carbocycles. The molecule has 0 spiro atoms. The molecule has 0 saturated heterocycles. The van der Waals surface area contributed by atoms with Crippen molar-refractivity contribution in [3.8, 4) is 0 Å². The molecule has 1 N–H and O–H groups in total. The molecule has 0 unspecified atom stereocenters. The van der Waals surface area contributed by atoms with E-state index in [0.29, 0.717) is 6.42 Å². The van der Waals surface area contributed by atoms with Gasteiger partial charge in [0, 0.05) is 12.1 Å². The van der Waals surface area contributed by atoms with Crippen molar-refractivity contribution in [1.82, 2.24) is 0 Å². The Morgan fingerprint density at radius 2 is 2.15 bits per heavy atom. The summed E-state index contributed by atoms with van der Waals surface area (Å²) < 4.78 is 0. The number of carbonyl (C=O) groups excluding carboxylic acids is 1. The van der Waals surface area contributed by atoms with Gasteiger partial charge in [-0.1, -0.05) is 18.2 Å². The fraction of sp³-hybridized carbons (Fsp3) is 0.364. The lowest BCUT2D eigenvalue weighted by Crippen LogP contribution is -2.10. The number of nitrogens with one attached hydrogen (secondary N) is 1. The van der Waals surface area contributed by atoms with Gasteiger partial charge in [0.25, 0.3) is 0 Å². The second-order valence-corrected chi connectivity index (χ2v) is 3.51. The minimum absolute atomic E-state index is 0.146. The lowest BCUT2D eigenvalue weighted by molar-refractivity contribution is -0.116. The van der Waals surface area contributed by atoms with Gasteiger partial charge in [0.1, 0.15) is 0 Å². The molecular formula is C11H13NO. The van der Waals surface area contributed by atoms with Crippen LogP contribution in [0.25, 0.3) is 0 Å². The highest BCUT2D eigenvalue weighted by molar-refractivity contribution is 5.93. The highest BCUT2D eigenvalue weighted by atomic mass is 16.1. The third kappa shape index (κ3) is 1.57. The largest absolute Gasteiger partial charge is 0.326 e. The van der Waals surface area contributed by atoms with Crippen LogP contribution >= 0.6 is 0 Å². The zero-order valence-corrected chi connectivity index (χ0v) is 7.76. The van der Waals surface area contributed by atoms with E-state index in [1.54, 1.807) is 0 Å². The van der Waals surface area contributed by atoms with Gasteiger partial charge in [-0.25, -0.2) is 0 Å². The fourth-order valence-corrected chi connectivity index (χ4v) is 1.76. The first-order valence-electron chi connectivity index (χ1n) is 4.66. The minimum Gasteiger partial charge on any atom is -0.326 e. The van der Waals surface area contributed by atoms with E-state index in [0.717, 1.165) is 24.1 Å². The summed E-state index contributed by atoms with van der Waals surface area (Å²) in [5.74, 6) is 0.146. The number of fused-ring (bicyclic) bond motifs is 1. The van der Waals surface area contributed by atoms with Crippen molar-refractivity contribution in [2.45, 2.75) is 26.2 Å². The van der Waals surface area contributed by atoms with Crippen LogP contribution in [0.2, 0.25) is 0 Å². The first-order valence-corrected chi connectivity index (χ1v) is 4.66. The summed E-state index contributed by atoms with van der Waals surface area (Å²) in [4.78, 5) is 11.3. The molecule has 2 heteroatoms. The Morgan fingerprint density at radius 1 is 1.31 bits per heavy atom. The van der Waals surface area contributed by atoms with Gasteiger partial charge in [0.2, 0.25) is 5.91 Å². The molecule has 13 heavy (non-hydrogen) atoms. The molecule has 0 aromatic heterocycles. The van der Waals surface area contributed by atoms with Gasteiger partial charge in [-0.15, -0.1) is 0 Å². The van der Waals surface area contributed by atoms with E-state index in [1.807, 2.05) is 19.1 Å². The molecule has 0 bridgehead atoms. The molecule has 0 radical (unpaired) electrons. The van der Waals surface area contributed by atoms with E-state index >= 15 is 0 Å². The molecule has 68 valence electrons. The number of amides is 1. The molecule has 2 nitrogen and oxygen atoms in total. The van der Waals surface area contributed by atoms with Crippen molar-refractivity contribution in [2.24, 2.45) is 0 Å². The molecule has 1 aromatic carbocycles. The standard InChI is InChI=1S/C11H13NO/c1-8-4-2-5-9-6-3-7-10(13)12-11(8)9/h2,4-5H,3,6-7H2,1H3,(H,12,13). The molecule has 0 aliphatic carbocycles. The number of hydrogen-bond acceptors (Lipinski definition) is 1. The molecular weight excluding hydrogens is 162 g/mol. The Hall–Kier alpha value is -1.31. The molecule has 1 heterocycles. The van der Waals surface area contributed by atoms with Crippen molar-refractivity contribution in [3.63, 3.8) is 0 Å². The van der Waals surface area contributed by atoms with E-state index in [-0.39, 0.29) is 5.91 Å². The summed E-state index contributed by atoms with van der Waals surface area (Å²) in [7, 11) is 0. The summed E-state index contributed by atoms with van der Waals surface area (Å²) in [5, 5.41) is 2.95. The van der Waals surface area contributed by atoms with Crippen LogP contribution in [0.1, 0.15) is 24.0 Å². The van der Waals surface area contributed by atoms with Crippen LogP contribution in [0.3, 0.4) is 0 Å². The summed E-state index contributed by atoms with van der Waals surface area (Å²) in [6, 6.07) is 6.17. The summed E-state index contributed by atoms with van der Waals surface area (Å²) in [5.41, 5.74) is 3.46. The van der Waals surface area contributed by atoms with Gasteiger partial charge < -0.3 is 5.32 Å². The molecule has 1 aliphatic rings. The SMILES string of the molecule is Cc1cccc2c1NC(=O)CCC2. The van der Waals surface area contributed by atoms with Gasteiger partial charge in [0.15, 0.2) is 0 Å². The van der Waals surface area contributed by atoms with Gasteiger partial charge in [0.05, 0.1) is 0 Å². The first kappa shape index (κ1) is 8.30. The average molecular weight is 175 g/mol. The Bertz CT molecular complexity index is 344. The number of para-hydroxylation sites is 1. The summed E-state index contributed by atoms with van der Waals surface area (Å²) in [6.07, 6.45) is 2.62. The Labute approximate surface area is 78.0 Å². The summed E-state index contributed by atoms with van der Waals surface area (Å²) in [6.45, 7) is 2.03. The Kier molecular flexibility index (Phi) is 2.05. The molecule has 1 aliphatic heterocycles. The smallest absolute Gasteiger partial charge is 0.224 e. The maximum Gasteiger partial charge on any atom is 0.224 e. The van der Waals surface area contributed by atoms with E-state index in [9.17, 15) is 4.79 Å². The van der Waals surface area contributed by atoms with Gasteiger partial charge in [-0.05, 0) is 30.9 Å². The molecule has 1 aromatic rings. The van der Waals surface area contributed by atoms with Crippen LogP contribution in [0.4, 0.5) is 5.69 Å². The van der Waals surface area contributed by atoms with Crippen LogP contribution < -0.4 is 5.32 Å². The zero-order chi connectivity index (χ0) is 9.26. The maximum atomic E-state index is 11.3. The molecule has 0 fully saturated rings. The number of benzene rings is 1. The topological polar surface area (TPSA) is 29.1 Å². The monoisotopic (exact) mass is 175 g/mol. The second-order valence-electron chi connectivity index (χ2n) is 3.51. The maximum absolute atomic E-state index is 11.3. The van der Waals surface area contributed by atoms with Crippen molar-refractivity contribution in [2.75, 3.05) is 5.32 Å². The van der Waals surface area contributed by atoms with Crippen molar-refractivity contribution in [1.29, 1.82) is 0 Å². The number of rotatable bonds is 0. The van der Waals surface area contributed by atoms with Gasteiger partial charge in [-0.3, -0.25) is 4.79 Å². The van der Waals surface area contributed by atoms with Crippen molar-refractivity contribution >= 4 is 11.6 Å². The van der Waals surface area contributed by atoms with E-state index in [4.69, 9.17) is 0 Å². The average Bonchev–Trinajstić information content (AvgIpc) is 2.28. The normalized spacial score (nSPS) is 15.9. The lowest BCUT2D eigenvalue weighted by Gasteiger charge is -2.08. The Morgan fingerprint density at radius 3 is 3.00 bits per heavy atom. The second kappa shape index (κ2) is 3.21. The lowest BCUT2D eigenvalue weighted by atomic mass is 10.0. The molecule has 0 atom stereocenters. The van der Waals surface area contributed by atoms with Crippen molar-refractivity contribution in [3.05, 3.63) is 29.3 Å². The predicted molar refractivity (Wildman–Crippen MR) is 52.7 cm³/mol. The minimum atomic E-state index is 0.146. The highest BCUT2D eigenvalue weighted by Gasteiger charge is 2.13. The predicted octanol–water partition coefficient (Wildman–Crippen LogP) is 2.27. The van der Waals surface area contributed by atoms with E-state index in [2.05, 4.69) is 11.4 Å². The highest BCUT2D eigenvalue weighted by Crippen LogP contribution is 2.24.